The van der Waals surface area contributed by atoms with Crippen LogP contribution in [0.15, 0.2) is 40.5 Å². The van der Waals surface area contributed by atoms with Gasteiger partial charge in [-0.2, -0.15) is 9.41 Å². The van der Waals surface area contributed by atoms with Crippen molar-refractivity contribution in [3.8, 4) is 0 Å². The predicted octanol–water partition coefficient (Wildman–Crippen LogP) is 2.45. The Labute approximate surface area is 158 Å². The first-order valence-electron chi connectivity index (χ1n) is 7.83. The van der Waals surface area contributed by atoms with E-state index in [0.717, 1.165) is 21.1 Å². The van der Waals surface area contributed by atoms with Crippen molar-refractivity contribution in [3.05, 3.63) is 52.3 Å². The van der Waals surface area contributed by atoms with Crippen molar-refractivity contribution in [1.29, 1.82) is 0 Å². The summed E-state index contributed by atoms with van der Waals surface area (Å²) in [4.78, 5) is 15.2. The summed E-state index contributed by atoms with van der Waals surface area (Å²) in [5.74, 6) is -0.532. The zero-order chi connectivity index (χ0) is 19.5. The molecule has 0 aliphatic carbocycles. The van der Waals surface area contributed by atoms with Gasteiger partial charge >= 0.3 is 0 Å². The van der Waals surface area contributed by atoms with Crippen LogP contribution >= 0.6 is 11.6 Å². The number of carbonyl (C=O) groups excluding carboxylic acids is 1. The number of aromatic amines is 1. The number of rotatable bonds is 6. The highest BCUT2D eigenvalue weighted by atomic mass is 35.5. The Hall–Kier alpha value is -2.16. The predicted molar refractivity (Wildman–Crippen MR) is 102 cm³/mol. The van der Waals surface area contributed by atoms with Crippen molar-refractivity contribution in [2.24, 2.45) is 5.10 Å². The molecular weight excluding hydrogens is 376 g/mol. The molecule has 0 radical (unpaired) electrons. The summed E-state index contributed by atoms with van der Waals surface area (Å²) in [6.45, 7) is 5.27. The van der Waals surface area contributed by atoms with Gasteiger partial charge in [0.1, 0.15) is 0 Å². The SMILES string of the molecule is C/C(=N\NC(=O)CN(C)S(=O)(=O)c1ccc(Cl)cc1)c1c(C)c[nH]c1C. The number of sulfonamides is 1. The maximum Gasteiger partial charge on any atom is 0.255 e. The first-order chi connectivity index (χ1) is 12.1. The van der Waals surface area contributed by atoms with Crippen molar-refractivity contribution in [2.45, 2.75) is 25.7 Å². The van der Waals surface area contributed by atoms with Gasteiger partial charge in [0.25, 0.3) is 5.91 Å². The Morgan fingerprint density at radius 1 is 1.27 bits per heavy atom. The van der Waals surface area contributed by atoms with Gasteiger partial charge in [-0.25, -0.2) is 13.8 Å². The number of amides is 1. The van der Waals surface area contributed by atoms with Gasteiger partial charge in [-0.1, -0.05) is 11.6 Å². The fourth-order valence-corrected chi connectivity index (χ4v) is 3.78. The van der Waals surface area contributed by atoms with Gasteiger partial charge < -0.3 is 4.98 Å². The number of nitrogens with zero attached hydrogens (tertiary/aromatic N) is 2. The van der Waals surface area contributed by atoms with Crippen LogP contribution in [0.5, 0.6) is 0 Å². The quantitative estimate of drug-likeness (QED) is 0.580. The second kappa shape index (κ2) is 8.03. The average molecular weight is 397 g/mol. The number of halogens is 1. The minimum absolute atomic E-state index is 0.0652. The largest absolute Gasteiger partial charge is 0.364 e. The minimum Gasteiger partial charge on any atom is -0.364 e. The molecule has 26 heavy (non-hydrogen) atoms. The van der Waals surface area contributed by atoms with Gasteiger partial charge in [-0.05, 0) is 50.6 Å². The molecule has 0 saturated carbocycles. The lowest BCUT2D eigenvalue weighted by Crippen LogP contribution is -2.36. The number of hydrogen-bond acceptors (Lipinski definition) is 4. The number of nitrogens with one attached hydrogen (secondary N) is 2. The van der Waals surface area contributed by atoms with E-state index in [0.29, 0.717) is 10.7 Å². The number of hydrogen-bond donors (Lipinski definition) is 2. The van der Waals surface area contributed by atoms with Gasteiger partial charge in [0.15, 0.2) is 0 Å². The minimum atomic E-state index is -3.79. The van der Waals surface area contributed by atoms with E-state index >= 15 is 0 Å². The molecule has 0 fully saturated rings. The van der Waals surface area contributed by atoms with Crippen LogP contribution in [-0.2, 0) is 14.8 Å². The third-order valence-electron chi connectivity index (χ3n) is 3.87. The third kappa shape index (κ3) is 4.51. The first-order valence-corrected chi connectivity index (χ1v) is 9.64. The second-order valence-electron chi connectivity index (χ2n) is 5.92. The maximum absolute atomic E-state index is 12.5. The highest BCUT2D eigenvalue weighted by molar-refractivity contribution is 7.89. The number of aromatic nitrogens is 1. The van der Waals surface area contributed by atoms with Crippen molar-refractivity contribution in [1.82, 2.24) is 14.7 Å². The summed E-state index contributed by atoms with van der Waals surface area (Å²) in [5.41, 5.74) is 5.92. The lowest BCUT2D eigenvalue weighted by molar-refractivity contribution is -0.121. The molecule has 2 aromatic rings. The molecule has 2 rings (SSSR count). The van der Waals surface area contributed by atoms with Gasteiger partial charge in [-0.3, -0.25) is 4.79 Å². The number of likely N-dealkylation sites (N-methyl/N-ethyl adjacent to an activating group) is 1. The van der Waals surface area contributed by atoms with Crippen LogP contribution < -0.4 is 5.43 Å². The molecule has 1 heterocycles. The molecule has 1 amide bonds. The fourth-order valence-electron chi connectivity index (χ4n) is 2.52. The van der Waals surface area contributed by atoms with Gasteiger partial charge in [0.05, 0.1) is 17.2 Å². The van der Waals surface area contributed by atoms with E-state index in [1.54, 1.807) is 6.92 Å². The molecule has 1 aromatic heterocycles. The van der Waals surface area contributed by atoms with Crippen molar-refractivity contribution in [2.75, 3.05) is 13.6 Å². The van der Waals surface area contributed by atoms with E-state index in [4.69, 9.17) is 11.6 Å². The molecule has 9 heteroatoms. The van der Waals surface area contributed by atoms with E-state index in [-0.39, 0.29) is 11.4 Å². The van der Waals surface area contributed by atoms with Crippen LogP contribution in [0, 0.1) is 13.8 Å². The van der Waals surface area contributed by atoms with Gasteiger partial charge in [0.2, 0.25) is 10.0 Å². The highest BCUT2D eigenvalue weighted by Crippen LogP contribution is 2.17. The van der Waals surface area contributed by atoms with Crippen molar-refractivity contribution >= 4 is 33.2 Å². The molecule has 0 aliphatic rings. The summed E-state index contributed by atoms with van der Waals surface area (Å²) < 4.78 is 25.9. The monoisotopic (exact) mass is 396 g/mol. The Balaban J connectivity index is 2.05. The first kappa shape index (κ1) is 20.2. The van der Waals surface area contributed by atoms with E-state index < -0.39 is 15.9 Å². The Morgan fingerprint density at radius 3 is 2.42 bits per heavy atom. The maximum atomic E-state index is 12.5. The number of hydrazone groups is 1. The molecule has 1 aromatic carbocycles. The van der Waals surface area contributed by atoms with E-state index in [2.05, 4.69) is 15.5 Å². The zero-order valence-corrected chi connectivity index (χ0v) is 16.6. The summed E-state index contributed by atoms with van der Waals surface area (Å²) >= 11 is 5.77. The smallest absolute Gasteiger partial charge is 0.255 e. The van der Waals surface area contributed by atoms with Crippen molar-refractivity contribution < 1.29 is 13.2 Å². The lowest BCUT2D eigenvalue weighted by atomic mass is 10.1. The highest BCUT2D eigenvalue weighted by Gasteiger charge is 2.22. The Morgan fingerprint density at radius 2 is 1.88 bits per heavy atom. The molecule has 0 atom stereocenters. The van der Waals surface area contributed by atoms with Crippen LogP contribution in [0.4, 0.5) is 0 Å². The molecule has 140 valence electrons. The molecule has 0 aliphatic heterocycles. The fraction of sp³-hybridized carbons (Fsp3) is 0.294. The Bertz CT molecular complexity index is 914. The van der Waals surface area contributed by atoms with Crippen LogP contribution in [0.1, 0.15) is 23.7 Å². The molecule has 0 saturated heterocycles. The summed E-state index contributed by atoms with van der Waals surface area (Å²) in [6.07, 6.45) is 1.86. The van der Waals surface area contributed by atoms with Crippen molar-refractivity contribution in [3.63, 3.8) is 0 Å². The topological polar surface area (TPSA) is 94.6 Å². The summed E-state index contributed by atoms with van der Waals surface area (Å²) in [5, 5.41) is 4.50. The molecule has 7 nitrogen and oxygen atoms in total. The van der Waals surface area contributed by atoms with E-state index in [9.17, 15) is 13.2 Å². The number of benzene rings is 1. The summed E-state index contributed by atoms with van der Waals surface area (Å²) in [6, 6.07) is 5.76. The van der Waals surface area contributed by atoms with Gasteiger partial charge in [0, 0.05) is 29.5 Å². The molecular formula is C17H21ClN4O3S. The second-order valence-corrected chi connectivity index (χ2v) is 8.40. The molecule has 0 bridgehead atoms. The van der Waals surface area contributed by atoms with Crippen LogP contribution in [0.2, 0.25) is 5.02 Å². The normalized spacial score (nSPS) is 12.5. The van der Waals surface area contributed by atoms with Gasteiger partial charge in [-0.15, -0.1) is 0 Å². The number of aryl methyl sites for hydroxylation is 2. The van der Waals surface area contributed by atoms with Crippen LogP contribution in [-0.4, -0.2) is 42.9 Å². The molecule has 0 unspecified atom stereocenters. The molecule has 0 spiro atoms. The third-order valence-corrected chi connectivity index (χ3v) is 5.94. The summed E-state index contributed by atoms with van der Waals surface area (Å²) in [7, 11) is -2.45. The number of H-pyrrole nitrogens is 1. The van der Waals surface area contributed by atoms with E-state index in [1.165, 1.54) is 31.3 Å². The van der Waals surface area contributed by atoms with E-state index in [1.807, 2.05) is 20.0 Å². The average Bonchev–Trinajstić information content (AvgIpc) is 2.91. The zero-order valence-electron chi connectivity index (χ0n) is 15.0. The Kier molecular flexibility index (Phi) is 6.22. The number of carbonyl (C=O) groups is 1. The van der Waals surface area contributed by atoms with Crippen LogP contribution in [0.3, 0.4) is 0 Å². The molecule has 2 N–H and O–H groups in total. The van der Waals surface area contributed by atoms with Crippen LogP contribution in [0.25, 0.3) is 0 Å². The lowest BCUT2D eigenvalue weighted by Gasteiger charge is -2.16. The standard InChI is InChI=1S/C17H21ClN4O3S/c1-11-9-19-12(2)17(11)13(3)20-21-16(23)10-22(4)26(24,25)15-7-5-14(18)6-8-15/h5-9,19H,10H2,1-4H3,(H,21,23)/b20-13+.